The zero-order chi connectivity index (χ0) is 18.5. The molecular weight excluding hydrogens is 328 g/mol. The van der Waals surface area contributed by atoms with E-state index in [0.717, 1.165) is 37.3 Å². The number of hydrogen-bond acceptors (Lipinski definition) is 4. The fourth-order valence-corrected chi connectivity index (χ4v) is 3.28. The predicted octanol–water partition coefficient (Wildman–Crippen LogP) is 3.44. The van der Waals surface area contributed by atoms with Gasteiger partial charge < -0.3 is 19.0 Å². The van der Waals surface area contributed by atoms with Gasteiger partial charge in [0.05, 0.1) is 11.7 Å². The monoisotopic (exact) mass is 356 g/mol. The van der Waals surface area contributed by atoms with Crippen LogP contribution in [0.5, 0.6) is 0 Å². The van der Waals surface area contributed by atoms with Crippen LogP contribution in [0.3, 0.4) is 0 Å². The molecule has 0 radical (unpaired) electrons. The topological polar surface area (TPSA) is 45.9 Å². The average Bonchev–Trinajstić information content (AvgIpc) is 3.28. The second-order valence-corrected chi connectivity index (χ2v) is 7.16. The Morgan fingerprint density at radius 3 is 2.62 bits per heavy atom. The zero-order valence-corrected chi connectivity index (χ0v) is 15.9. The Bertz CT molecular complexity index is 718. The van der Waals surface area contributed by atoms with Crippen molar-refractivity contribution in [3.05, 3.63) is 47.7 Å². The van der Waals surface area contributed by atoms with Crippen LogP contribution in [0, 0.1) is 6.92 Å². The number of furan rings is 1. The maximum atomic E-state index is 13.3. The molecule has 1 aromatic carbocycles. The van der Waals surface area contributed by atoms with Crippen molar-refractivity contribution >= 4 is 5.91 Å². The van der Waals surface area contributed by atoms with Gasteiger partial charge in [-0.25, -0.2) is 0 Å². The van der Waals surface area contributed by atoms with Gasteiger partial charge in [-0.3, -0.25) is 4.79 Å². The van der Waals surface area contributed by atoms with Crippen LogP contribution in [0.15, 0.2) is 40.8 Å². The van der Waals surface area contributed by atoms with Crippen LogP contribution in [0.25, 0.3) is 11.3 Å². The van der Waals surface area contributed by atoms with Crippen LogP contribution in [0.4, 0.5) is 0 Å². The van der Waals surface area contributed by atoms with Gasteiger partial charge in [-0.1, -0.05) is 30.3 Å². The van der Waals surface area contributed by atoms with Crippen LogP contribution in [0.2, 0.25) is 0 Å². The molecule has 1 atom stereocenters. The largest absolute Gasteiger partial charge is 0.461 e. The van der Waals surface area contributed by atoms with Gasteiger partial charge in [-0.2, -0.15) is 0 Å². The Labute approximate surface area is 155 Å². The molecule has 0 N–H and O–H groups in total. The minimum atomic E-state index is 0.0121. The molecule has 1 aliphatic rings. The molecular formula is C21H28N2O3. The molecule has 1 saturated heterocycles. The Balaban J connectivity index is 1.85. The molecule has 140 valence electrons. The van der Waals surface area contributed by atoms with Crippen LogP contribution in [-0.2, 0) is 4.74 Å². The molecule has 5 nitrogen and oxygen atoms in total. The number of benzene rings is 1. The second kappa shape index (κ2) is 8.52. The number of carbonyl (C=O) groups is 1. The van der Waals surface area contributed by atoms with Gasteiger partial charge in [0.2, 0.25) is 0 Å². The van der Waals surface area contributed by atoms with E-state index in [1.165, 1.54) is 0 Å². The van der Waals surface area contributed by atoms with E-state index in [9.17, 15) is 4.79 Å². The molecule has 3 rings (SSSR count). The number of rotatable bonds is 7. The van der Waals surface area contributed by atoms with Crippen molar-refractivity contribution in [2.45, 2.75) is 25.9 Å². The van der Waals surface area contributed by atoms with Crippen molar-refractivity contribution in [1.82, 2.24) is 9.80 Å². The summed E-state index contributed by atoms with van der Waals surface area (Å²) in [6.07, 6.45) is 2.22. The first kappa shape index (κ1) is 18.7. The number of amides is 1. The Hall–Kier alpha value is -2.11. The lowest BCUT2D eigenvalue weighted by molar-refractivity contribution is 0.0512. The lowest BCUT2D eigenvalue weighted by atomic mass is 10.1. The summed E-state index contributed by atoms with van der Waals surface area (Å²) in [5.74, 6) is 1.41. The van der Waals surface area contributed by atoms with Gasteiger partial charge in [-0.15, -0.1) is 0 Å². The van der Waals surface area contributed by atoms with E-state index in [2.05, 4.69) is 4.90 Å². The summed E-state index contributed by atoms with van der Waals surface area (Å²) in [5, 5.41) is 0. The SMILES string of the molecule is Cc1cc(C(=O)N(CCN(C)C)C[C@@H]2CCCO2)c(-c2ccccc2)o1. The maximum Gasteiger partial charge on any atom is 0.257 e. The molecule has 0 saturated carbocycles. The highest BCUT2D eigenvalue weighted by atomic mass is 16.5. The maximum absolute atomic E-state index is 13.3. The smallest absolute Gasteiger partial charge is 0.257 e. The number of hydrogen-bond donors (Lipinski definition) is 0. The van der Waals surface area contributed by atoms with Gasteiger partial charge in [-0.05, 0) is 39.9 Å². The van der Waals surface area contributed by atoms with E-state index in [1.54, 1.807) is 0 Å². The summed E-state index contributed by atoms with van der Waals surface area (Å²) >= 11 is 0. The zero-order valence-electron chi connectivity index (χ0n) is 15.9. The van der Waals surface area contributed by atoms with E-state index in [1.807, 2.05) is 62.3 Å². The molecule has 1 aliphatic heterocycles. The Morgan fingerprint density at radius 2 is 1.96 bits per heavy atom. The van der Waals surface area contributed by atoms with Crippen molar-refractivity contribution in [2.24, 2.45) is 0 Å². The fourth-order valence-electron chi connectivity index (χ4n) is 3.28. The molecule has 1 fully saturated rings. The third kappa shape index (κ3) is 4.54. The Morgan fingerprint density at radius 1 is 1.19 bits per heavy atom. The summed E-state index contributed by atoms with van der Waals surface area (Å²) in [7, 11) is 4.04. The first-order valence-corrected chi connectivity index (χ1v) is 9.26. The van der Waals surface area contributed by atoms with Gasteiger partial charge in [0, 0.05) is 31.8 Å². The van der Waals surface area contributed by atoms with Gasteiger partial charge in [0.15, 0.2) is 0 Å². The van der Waals surface area contributed by atoms with Crippen LogP contribution in [-0.4, -0.2) is 62.1 Å². The normalized spacial score (nSPS) is 17.0. The quantitative estimate of drug-likeness (QED) is 0.762. The fraction of sp³-hybridized carbons (Fsp3) is 0.476. The summed E-state index contributed by atoms with van der Waals surface area (Å²) in [6.45, 7) is 4.79. The molecule has 5 heteroatoms. The van der Waals surface area contributed by atoms with Crippen LogP contribution < -0.4 is 0 Å². The first-order chi connectivity index (χ1) is 12.5. The highest BCUT2D eigenvalue weighted by Gasteiger charge is 2.27. The minimum absolute atomic E-state index is 0.0121. The van der Waals surface area contributed by atoms with Crippen molar-refractivity contribution in [3.63, 3.8) is 0 Å². The third-order valence-electron chi connectivity index (χ3n) is 4.67. The van der Waals surface area contributed by atoms with Gasteiger partial charge in [0.1, 0.15) is 11.5 Å². The summed E-state index contributed by atoms with van der Waals surface area (Å²) in [6, 6.07) is 11.7. The number of nitrogens with zero attached hydrogens (tertiary/aromatic N) is 2. The van der Waals surface area contributed by atoms with Crippen molar-refractivity contribution in [1.29, 1.82) is 0 Å². The summed E-state index contributed by atoms with van der Waals surface area (Å²) in [5.41, 5.74) is 1.55. The predicted molar refractivity (Wildman–Crippen MR) is 102 cm³/mol. The molecule has 1 amide bonds. The Kier molecular flexibility index (Phi) is 6.12. The molecule has 0 unspecified atom stereocenters. The minimum Gasteiger partial charge on any atom is -0.461 e. The molecule has 26 heavy (non-hydrogen) atoms. The molecule has 1 aromatic heterocycles. The lowest BCUT2D eigenvalue weighted by Gasteiger charge is -2.26. The third-order valence-corrected chi connectivity index (χ3v) is 4.67. The molecule has 2 aromatic rings. The van der Waals surface area contributed by atoms with Gasteiger partial charge in [0.25, 0.3) is 5.91 Å². The summed E-state index contributed by atoms with van der Waals surface area (Å²) in [4.78, 5) is 17.3. The first-order valence-electron chi connectivity index (χ1n) is 9.26. The van der Waals surface area contributed by atoms with E-state index in [4.69, 9.17) is 9.15 Å². The second-order valence-electron chi connectivity index (χ2n) is 7.16. The van der Waals surface area contributed by atoms with Crippen molar-refractivity contribution < 1.29 is 13.9 Å². The molecule has 0 bridgehead atoms. The summed E-state index contributed by atoms with van der Waals surface area (Å²) < 4.78 is 11.6. The van der Waals surface area contributed by atoms with Gasteiger partial charge >= 0.3 is 0 Å². The standard InChI is InChI=1S/C21H28N2O3/c1-16-14-19(20(26-16)17-8-5-4-6-9-17)21(24)23(12-11-22(2)3)15-18-10-7-13-25-18/h4-6,8-9,14,18H,7,10-13,15H2,1-3H3/t18-/m0/s1. The van der Waals surface area contributed by atoms with E-state index < -0.39 is 0 Å². The lowest BCUT2D eigenvalue weighted by Crippen LogP contribution is -2.41. The number of aryl methyl sites for hydroxylation is 1. The van der Waals surface area contributed by atoms with Crippen molar-refractivity contribution in [2.75, 3.05) is 40.3 Å². The van der Waals surface area contributed by atoms with Crippen LogP contribution in [0.1, 0.15) is 29.0 Å². The van der Waals surface area contributed by atoms with Crippen molar-refractivity contribution in [3.8, 4) is 11.3 Å². The highest BCUT2D eigenvalue weighted by Crippen LogP contribution is 2.28. The average molecular weight is 356 g/mol. The molecule has 0 spiro atoms. The number of likely N-dealkylation sites (N-methyl/N-ethyl adjacent to an activating group) is 1. The molecule has 0 aliphatic carbocycles. The number of ether oxygens (including phenoxy) is 1. The molecule has 2 heterocycles. The van der Waals surface area contributed by atoms with E-state index in [-0.39, 0.29) is 12.0 Å². The van der Waals surface area contributed by atoms with E-state index in [0.29, 0.717) is 24.4 Å². The highest BCUT2D eigenvalue weighted by molar-refractivity contribution is 5.99. The van der Waals surface area contributed by atoms with Crippen LogP contribution >= 0.6 is 0 Å². The number of carbonyl (C=O) groups excluding carboxylic acids is 1. The van der Waals surface area contributed by atoms with E-state index >= 15 is 0 Å².